The molecule has 0 radical (unpaired) electrons. The molecule has 1 saturated heterocycles. The largest absolute Gasteiger partial charge is 0.481 e. The zero-order valence-electron chi connectivity index (χ0n) is 14.9. The van der Waals surface area contributed by atoms with Crippen LogP contribution < -0.4 is 10.5 Å². The molecule has 2 amide bonds. The minimum atomic E-state index is -0.512. The molecule has 1 aromatic rings. The average Bonchev–Trinajstić information content (AvgIpc) is 2.92. The molecule has 1 aliphatic heterocycles. The van der Waals surface area contributed by atoms with Crippen LogP contribution in [-0.4, -0.2) is 60.4 Å². The second kappa shape index (κ2) is 7.87. The molecule has 0 unspecified atom stereocenters. The summed E-state index contributed by atoms with van der Waals surface area (Å²) in [6.07, 6.45) is 3.76. The van der Waals surface area contributed by atoms with Crippen LogP contribution in [0.2, 0.25) is 0 Å². The number of nitrogens with two attached hydrogens (primary N) is 1. The molecular formula is C19H27N3O3. The van der Waals surface area contributed by atoms with Gasteiger partial charge in [-0.05, 0) is 55.9 Å². The first-order valence-corrected chi connectivity index (χ1v) is 9.11. The van der Waals surface area contributed by atoms with Crippen molar-refractivity contribution < 1.29 is 14.3 Å². The first-order chi connectivity index (χ1) is 12.0. The number of carbonyl (C=O) groups excluding carboxylic acids is 2. The summed E-state index contributed by atoms with van der Waals surface area (Å²) >= 11 is 0. The molecule has 2 aliphatic rings. The summed E-state index contributed by atoms with van der Waals surface area (Å²) < 4.78 is 5.91. The summed E-state index contributed by atoms with van der Waals surface area (Å²) in [6, 6.07) is 6.15. The minimum Gasteiger partial charge on any atom is -0.481 e. The van der Waals surface area contributed by atoms with E-state index in [1.165, 1.54) is 17.5 Å². The Bertz CT molecular complexity index is 647. The van der Waals surface area contributed by atoms with E-state index in [1.54, 1.807) is 0 Å². The second-order valence-electron chi connectivity index (χ2n) is 6.97. The smallest absolute Gasteiger partial charge is 0.263 e. The molecule has 6 nitrogen and oxygen atoms in total. The fraction of sp³-hybridized carbons (Fsp3) is 0.579. The number of hydrogen-bond acceptors (Lipinski definition) is 4. The van der Waals surface area contributed by atoms with Crippen LogP contribution in [0.5, 0.6) is 5.75 Å². The number of ether oxygens (including phenoxy) is 1. The lowest BCUT2D eigenvalue weighted by Crippen LogP contribution is -2.43. The van der Waals surface area contributed by atoms with Gasteiger partial charge in [0.15, 0.2) is 6.10 Å². The molecule has 136 valence electrons. The second-order valence-corrected chi connectivity index (χ2v) is 6.97. The van der Waals surface area contributed by atoms with Crippen LogP contribution in [0.1, 0.15) is 30.9 Å². The maximum absolute atomic E-state index is 12.7. The highest BCUT2D eigenvalue weighted by atomic mass is 16.5. The SMILES string of the molecule is C[C@H](Oc1ccc2c(c1)CCC2)C(=O)N1CCCN(CC(N)=O)CC1. The van der Waals surface area contributed by atoms with Gasteiger partial charge in [0.1, 0.15) is 5.75 Å². The quantitative estimate of drug-likeness (QED) is 0.862. The van der Waals surface area contributed by atoms with Crippen molar-refractivity contribution in [3.63, 3.8) is 0 Å². The Morgan fingerprint density at radius 2 is 1.92 bits per heavy atom. The number of amides is 2. The van der Waals surface area contributed by atoms with E-state index in [4.69, 9.17) is 10.5 Å². The molecule has 0 spiro atoms. The molecule has 6 heteroatoms. The maximum Gasteiger partial charge on any atom is 0.263 e. The van der Waals surface area contributed by atoms with Gasteiger partial charge in [-0.1, -0.05) is 6.07 Å². The fourth-order valence-electron chi connectivity index (χ4n) is 3.70. The third-order valence-corrected chi connectivity index (χ3v) is 5.01. The summed E-state index contributed by atoms with van der Waals surface area (Å²) in [5, 5.41) is 0. The predicted molar refractivity (Wildman–Crippen MR) is 95.4 cm³/mol. The van der Waals surface area contributed by atoms with Crippen LogP contribution >= 0.6 is 0 Å². The monoisotopic (exact) mass is 345 g/mol. The molecule has 1 atom stereocenters. The zero-order chi connectivity index (χ0) is 17.8. The molecular weight excluding hydrogens is 318 g/mol. The number of primary amides is 1. The lowest BCUT2D eigenvalue weighted by atomic mass is 10.1. The molecule has 1 aromatic carbocycles. The van der Waals surface area contributed by atoms with Crippen molar-refractivity contribution in [2.45, 2.75) is 38.7 Å². The minimum absolute atomic E-state index is 0.00132. The van der Waals surface area contributed by atoms with Gasteiger partial charge in [0, 0.05) is 26.2 Å². The number of benzene rings is 1. The Balaban J connectivity index is 1.56. The summed E-state index contributed by atoms with van der Waals surface area (Å²) in [7, 11) is 0. The fourth-order valence-corrected chi connectivity index (χ4v) is 3.70. The number of aryl methyl sites for hydroxylation is 2. The normalized spacial score (nSPS) is 19.2. The number of rotatable bonds is 5. The van der Waals surface area contributed by atoms with Gasteiger partial charge in [-0.25, -0.2) is 0 Å². The molecule has 25 heavy (non-hydrogen) atoms. The lowest BCUT2D eigenvalue weighted by molar-refractivity contribution is -0.137. The van der Waals surface area contributed by atoms with Gasteiger partial charge in [0.2, 0.25) is 5.91 Å². The van der Waals surface area contributed by atoms with Crippen molar-refractivity contribution in [3.05, 3.63) is 29.3 Å². The topological polar surface area (TPSA) is 75.9 Å². The van der Waals surface area contributed by atoms with Crippen LogP contribution in [0, 0.1) is 0 Å². The van der Waals surface area contributed by atoms with E-state index in [1.807, 2.05) is 22.8 Å². The number of carbonyl (C=O) groups is 2. The van der Waals surface area contributed by atoms with Crippen LogP contribution in [0.3, 0.4) is 0 Å². The number of hydrogen-bond donors (Lipinski definition) is 1. The summed E-state index contributed by atoms with van der Waals surface area (Å²) in [4.78, 5) is 27.6. The Morgan fingerprint density at radius 3 is 2.72 bits per heavy atom. The molecule has 0 bridgehead atoms. The molecule has 1 fully saturated rings. The highest BCUT2D eigenvalue weighted by Gasteiger charge is 2.25. The van der Waals surface area contributed by atoms with Crippen LogP contribution in [-0.2, 0) is 22.4 Å². The van der Waals surface area contributed by atoms with Gasteiger partial charge in [-0.15, -0.1) is 0 Å². The summed E-state index contributed by atoms with van der Waals surface area (Å²) in [5.74, 6) is 0.446. The van der Waals surface area contributed by atoms with E-state index in [0.29, 0.717) is 19.6 Å². The van der Waals surface area contributed by atoms with Gasteiger partial charge >= 0.3 is 0 Å². The van der Waals surface area contributed by atoms with Gasteiger partial charge in [0.05, 0.1) is 6.54 Å². The predicted octanol–water partition coefficient (Wildman–Crippen LogP) is 0.962. The Morgan fingerprint density at radius 1 is 1.12 bits per heavy atom. The third-order valence-electron chi connectivity index (χ3n) is 5.01. The standard InChI is InChI=1S/C19H27N3O3/c1-14(25-17-7-6-15-4-2-5-16(15)12-17)19(24)22-9-3-8-21(10-11-22)13-18(20)23/h6-7,12,14H,2-5,8-11,13H2,1H3,(H2,20,23)/t14-/m0/s1. The van der Waals surface area contributed by atoms with Gasteiger partial charge < -0.3 is 15.4 Å². The highest BCUT2D eigenvalue weighted by Crippen LogP contribution is 2.26. The Kier molecular flexibility index (Phi) is 5.58. The lowest BCUT2D eigenvalue weighted by Gasteiger charge is -2.25. The summed E-state index contributed by atoms with van der Waals surface area (Å²) in [5.41, 5.74) is 8.00. The van der Waals surface area contributed by atoms with E-state index < -0.39 is 6.10 Å². The van der Waals surface area contributed by atoms with Gasteiger partial charge in [-0.2, -0.15) is 0 Å². The Hall–Kier alpha value is -2.08. The molecule has 0 saturated carbocycles. The van der Waals surface area contributed by atoms with Gasteiger partial charge in [-0.3, -0.25) is 14.5 Å². The van der Waals surface area contributed by atoms with E-state index in [9.17, 15) is 9.59 Å². The molecule has 3 rings (SSSR count). The van der Waals surface area contributed by atoms with Crippen LogP contribution in [0.25, 0.3) is 0 Å². The highest BCUT2D eigenvalue weighted by molar-refractivity contribution is 5.81. The van der Waals surface area contributed by atoms with Crippen molar-refractivity contribution in [1.29, 1.82) is 0 Å². The molecule has 1 aliphatic carbocycles. The molecule has 1 heterocycles. The maximum atomic E-state index is 12.7. The van der Waals surface area contributed by atoms with E-state index in [0.717, 1.165) is 31.6 Å². The van der Waals surface area contributed by atoms with Crippen molar-refractivity contribution >= 4 is 11.8 Å². The van der Waals surface area contributed by atoms with Crippen molar-refractivity contribution in [2.75, 3.05) is 32.7 Å². The van der Waals surface area contributed by atoms with Crippen molar-refractivity contribution in [1.82, 2.24) is 9.80 Å². The van der Waals surface area contributed by atoms with E-state index in [-0.39, 0.29) is 18.4 Å². The average molecular weight is 345 g/mol. The molecule has 2 N–H and O–H groups in total. The van der Waals surface area contributed by atoms with Crippen LogP contribution in [0.4, 0.5) is 0 Å². The Labute approximate surface area is 148 Å². The first kappa shape index (κ1) is 17.7. The number of nitrogens with zero attached hydrogens (tertiary/aromatic N) is 2. The summed E-state index contributed by atoms with van der Waals surface area (Å²) in [6.45, 7) is 4.80. The molecule has 0 aromatic heterocycles. The van der Waals surface area contributed by atoms with E-state index in [2.05, 4.69) is 12.1 Å². The van der Waals surface area contributed by atoms with Crippen LogP contribution in [0.15, 0.2) is 18.2 Å². The van der Waals surface area contributed by atoms with Gasteiger partial charge in [0.25, 0.3) is 5.91 Å². The van der Waals surface area contributed by atoms with Crippen molar-refractivity contribution in [2.24, 2.45) is 5.73 Å². The first-order valence-electron chi connectivity index (χ1n) is 9.11. The number of fused-ring (bicyclic) bond motifs is 1. The zero-order valence-corrected chi connectivity index (χ0v) is 14.9. The third kappa shape index (κ3) is 4.51. The van der Waals surface area contributed by atoms with Crippen molar-refractivity contribution in [3.8, 4) is 5.75 Å². The van der Waals surface area contributed by atoms with E-state index >= 15 is 0 Å².